The van der Waals surface area contributed by atoms with E-state index in [1.54, 1.807) is 43.3 Å². The first-order chi connectivity index (χ1) is 14.4. The van der Waals surface area contributed by atoms with Crippen LogP contribution in [0.2, 0.25) is 0 Å². The molecule has 3 rings (SSSR count). The van der Waals surface area contributed by atoms with Crippen molar-refractivity contribution >= 4 is 21.6 Å². The monoisotopic (exact) mass is 424 g/mol. The first kappa shape index (κ1) is 21.5. The normalized spacial score (nSPS) is 12.2. The number of amides is 1. The average Bonchev–Trinajstić information content (AvgIpc) is 2.74. The van der Waals surface area contributed by atoms with Gasteiger partial charge in [-0.05, 0) is 48.7 Å². The topological polar surface area (TPSA) is 84.5 Å². The molecule has 0 fully saturated rings. The fourth-order valence-corrected chi connectivity index (χ4v) is 4.48. The molecule has 2 N–H and O–H groups in total. The van der Waals surface area contributed by atoms with Crippen LogP contribution < -0.4 is 14.8 Å². The number of hydrogen-bond acceptors (Lipinski definition) is 4. The Kier molecular flexibility index (Phi) is 6.87. The third-order valence-electron chi connectivity index (χ3n) is 4.55. The van der Waals surface area contributed by atoms with E-state index in [0.717, 1.165) is 11.1 Å². The lowest BCUT2D eigenvalue weighted by Gasteiger charge is -2.20. The van der Waals surface area contributed by atoms with Crippen molar-refractivity contribution in [3.05, 3.63) is 90.0 Å². The van der Waals surface area contributed by atoms with Gasteiger partial charge in [-0.25, -0.2) is 8.42 Å². The smallest absolute Gasteiger partial charge is 0.245 e. The molecule has 0 bridgehead atoms. The number of methoxy groups -OCH3 is 1. The molecule has 0 aliphatic heterocycles. The Morgan fingerprint density at radius 3 is 2.23 bits per heavy atom. The predicted molar refractivity (Wildman–Crippen MR) is 117 cm³/mol. The summed E-state index contributed by atoms with van der Waals surface area (Å²) in [4.78, 5) is 13.0. The molecule has 7 heteroatoms. The molecule has 0 radical (unpaired) electrons. The number of aryl methyl sites for hydroxylation is 1. The van der Waals surface area contributed by atoms with Crippen LogP contribution in [0.5, 0.6) is 5.75 Å². The van der Waals surface area contributed by atoms with Crippen molar-refractivity contribution in [2.75, 3.05) is 12.4 Å². The number of benzene rings is 3. The second-order valence-corrected chi connectivity index (χ2v) is 8.56. The molecular weight excluding hydrogens is 400 g/mol. The van der Waals surface area contributed by atoms with Gasteiger partial charge in [-0.2, -0.15) is 4.72 Å². The number of ether oxygens (including phenoxy) is 1. The summed E-state index contributed by atoms with van der Waals surface area (Å²) < 4.78 is 34.1. The number of carbonyl (C=O) groups excluding carboxylic acids is 1. The minimum atomic E-state index is -4.02. The maximum Gasteiger partial charge on any atom is 0.245 e. The summed E-state index contributed by atoms with van der Waals surface area (Å²) in [5.41, 5.74) is 2.20. The standard InChI is InChI=1S/C23H24N2O4S/c1-17-13-14-21(29-2)22(15-17)30(27,28)25-20(16-18-9-5-3-6-10-18)23(26)24-19-11-7-4-8-12-19/h3-15,20,25H,16H2,1-2H3,(H,24,26). The van der Waals surface area contributed by atoms with E-state index in [2.05, 4.69) is 10.0 Å². The van der Waals surface area contributed by atoms with Crippen LogP contribution in [-0.4, -0.2) is 27.5 Å². The predicted octanol–water partition coefficient (Wildman–Crippen LogP) is 3.53. The van der Waals surface area contributed by atoms with Gasteiger partial charge in [-0.1, -0.05) is 54.6 Å². The van der Waals surface area contributed by atoms with Crippen molar-refractivity contribution < 1.29 is 17.9 Å². The third kappa shape index (κ3) is 5.46. The van der Waals surface area contributed by atoms with E-state index >= 15 is 0 Å². The first-order valence-electron chi connectivity index (χ1n) is 9.46. The Bertz CT molecular complexity index is 1100. The van der Waals surface area contributed by atoms with Crippen molar-refractivity contribution in [1.29, 1.82) is 0 Å². The van der Waals surface area contributed by atoms with E-state index in [1.165, 1.54) is 13.2 Å². The SMILES string of the molecule is COc1ccc(C)cc1S(=O)(=O)NC(Cc1ccccc1)C(=O)Nc1ccccc1. The van der Waals surface area contributed by atoms with Crippen LogP contribution >= 0.6 is 0 Å². The van der Waals surface area contributed by atoms with Crippen molar-refractivity contribution in [2.45, 2.75) is 24.3 Å². The molecule has 3 aromatic rings. The molecule has 0 heterocycles. The Morgan fingerprint density at radius 1 is 0.967 bits per heavy atom. The molecule has 3 aromatic carbocycles. The van der Waals surface area contributed by atoms with Gasteiger partial charge in [0.1, 0.15) is 16.7 Å². The Morgan fingerprint density at radius 2 is 1.60 bits per heavy atom. The second-order valence-electron chi connectivity index (χ2n) is 6.87. The van der Waals surface area contributed by atoms with Gasteiger partial charge in [0.25, 0.3) is 0 Å². The van der Waals surface area contributed by atoms with Gasteiger partial charge < -0.3 is 10.1 Å². The van der Waals surface area contributed by atoms with E-state index in [0.29, 0.717) is 5.69 Å². The molecule has 0 saturated heterocycles. The van der Waals surface area contributed by atoms with Crippen molar-refractivity contribution in [2.24, 2.45) is 0 Å². The lowest BCUT2D eigenvalue weighted by Crippen LogP contribution is -2.45. The molecule has 0 aromatic heterocycles. The maximum absolute atomic E-state index is 13.2. The van der Waals surface area contributed by atoms with Crippen LogP contribution in [0.4, 0.5) is 5.69 Å². The molecule has 0 spiro atoms. The Labute approximate surface area is 177 Å². The van der Waals surface area contributed by atoms with Crippen molar-refractivity contribution in [3.8, 4) is 5.75 Å². The van der Waals surface area contributed by atoms with E-state index < -0.39 is 22.0 Å². The molecule has 1 amide bonds. The Balaban J connectivity index is 1.91. The Hall–Kier alpha value is -3.16. The zero-order valence-corrected chi connectivity index (χ0v) is 17.6. The molecule has 156 valence electrons. The van der Waals surface area contributed by atoms with Crippen LogP contribution in [0, 0.1) is 6.92 Å². The molecule has 6 nitrogen and oxygen atoms in total. The fraction of sp³-hybridized carbons (Fsp3) is 0.174. The summed E-state index contributed by atoms with van der Waals surface area (Å²) in [6.07, 6.45) is 0.201. The van der Waals surface area contributed by atoms with Crippen molar-refractivity contribution in [1.82, 2.24) is 4.72 Å². The molecular formula is C23H24N2O4S. The highest BCUT2D eigenvalue weighted by Crippen LogP contribution is 2.25. The van der Waals surface area contributed by atoms with Crippen LogP contribution in [-0.2, 0) is 21.2 Å². The lowest BCUT2D eigenvalue weighted by atomic mass is 10.1. The van der Waals surface area contributed by atoms with Gasteiger partial charge in [0.05, 0.1) is 7.11 Å². The van der Waals surface area contributed by atoms with E-state index in [1.807, 2.05) is 36.4 Å². The van der Waals surface area contributed by atoms with Crippen LogP contribution in [0.25, 0.3) is 0 Å². The zero-order valence-electron chi connectivity index (χ0n) is 16.8. The van der Waals surface area contributed by atoms with Gasteiger partial charge in [0.15, 0.2) is 0 Å². The molecule has 0 saturated carbocycles. The quantitative estimate of drug-likeness (QED) is 0.579. The first-order valence-corrected chi connectivity index (χ1v) is 10.9. The van der Waals surface area contributed by atoms with Crippen molar-refractivity contribution in [3.63, 3.8) is 0 Å². The van der Waals surface area contributed by atoms with E-state index in [9.17, 15) is 13.2 Å². The number of rotatable bonds is 8. The summed E-state index contributed by atoms with van der Waals surface area (Å²) in [5.74, 6) is -0.227. The fourth-order valence-electron chi connectivity index (χ4n) is 3.03. The maximum atomic E-state index is 13.2. The van der Waals surface area contributed by atoms with E-state index in [4.69, 9.17) is 4.74 Å². The van der Waals surface area contributed by atoms with Gasteiger partial charge in [-0.15, -0.1) is 0 Å². The van der Waals surface area contributed by atoms with Gasteiger partial charge >= 0.3 is 0 Å². The van der Waals surface area contributed by atoms with Gasteiger partial charge in [0, 0.05) is 5.69 Å². The summed E-state index contributed by atoms with van der Waals surface area (Å²) in [5, 5.41) is 2.78. The highest BCUT2D eigenvalue weighted by Gasteiger charge is 2.28. The highest BCUT2D eigenvalue weighted by molar-refractivity contribution is 7.89. The number of hydrogen-bond donors (Lipinski definition) is 2. The zero-order chi connectivity index (χ0) is 21.6. The second kappa shape index (κ2) is 9.56. The molecule has 0 aliphatic rings. The van der Waals surface area contributed by atoms with Crippen LogP contribution in [0.3, 0.4) is 0 Å². The summed E-state index contributed by atoms with van der Waals surface area (Å²) >= 11 is 0. The van der Waals surface area contributed by atoms with E-state index in [-0.39, 0.29) is 17.1 Å². The van der Waals surface area contributed by atoms with Gasteiger partial charge in [-0.3, -0.25) is 4.79 Å². The number of para-hydroxylation sites is 1. The lowest BCUT2D eigenvalue weighted by molar-refractivity contribution is -0.117. The number of anilines is 1. The minimum absolute atomic E-state index is 0.00410. The molecule has 1 atom stereocenters. The third-order valence-corrected chi connectivity index (χ3v) is 6.04. The average molecular weight is 425 g/mol. The van der Waals surface area contributed by atoms with Crippen LogP contribution in [0.15, 0.2) is 83.8 Å². The van der Waals surface area contributed by atoms with Gasteiger partial charge in [0.2, 0.25) is 15.9 Å². The summed E-state index contributed by atoms with van der Waals surface area (Å²) in [6, 6.07) is 22.1. The largest absolute Gasteiger partial charge is 0.495 e. The molecule has 1 unspecified atom stereocenters. The summed E-state index contributed by atoms with van der Waals surface area (Å²) in [6.45, 7) is 1.79. The number of nitrogens with one attached hydrogen (secondary N) is 2. The number of sulfonamides is 1. The van der Waals surface area contributed by atoms with Crippen LogP contribution in [0.1, 0.15) is 11.1 Å². The number of carbonyl (C=O) groups is 1. The molecule has 30 heavy (non-hydrogen) atoms. The highest BCUT2D eigenvalue weighted by atomic mass is 32.2. The minimum Gasteiger partial charge on any atom is -0.495 e. The molecule has 0 aliphatic carbocycles. The summed E-state index contributed by atoms with van der Waals surface area (Å²) in [7, 11) is -2.61.